The molecule has 112 valence electrons. The van der Waals surface area contributed by atoms with Gasteiger partial charge in [-0.15, -0.1) is 0 Å². The smallest absolute Gasteiger partial charge is 0.118 e. The van der Waals surface area contributed by atoms with E-state index in [2.05, 4.69) is 29.5 Å². The Morgan fingerprint density at radius 3 is 2.81 bits per heavy atom. The van der Waals surface area contributed by atoms with Gasteiger partial charge in [-0.25, -0.2) is 0 Å². The average molecular weight is 285 g/mol. The molecule has 0 saturated heterocycles. The fraction of sp³-hybridized carbons (Fsp3) is 0.471. The number of aromatic nitrogens is 2. The molecule has 0 fully saturated rings. The first-order valence-electron chi connectivity index (χ1n) is 7.60. The highest BCUT2D eigenvalue weighted by atomic mass is 16.5. The zero-order valence-electron chi connectivity index (χ0n) is 13.0. The van der Waals surface area contributed by atoms with Crippen LogP contribution in [-0.4, -0.2) is 16.9 Å². The summed E-state index contributed by atoms with van der Waals surface area (Å²) in [6, 6.07) is 9.01. The molecule has 1 heterocycles. The lowest BCUT2D eigenvalue weighted by Crippen LogP contribution is -2.27. The van der Waals surface area contributed by atoms with Gasteiger partial charge in [-0.3, -0.25) is 4.68 Å². The van der Waals surface area contributed by atoms with Crippen LogP contribution in [0.4, 0.5) is 0 Å². The minimum Gasteiger partial charge on any atom is -0.497 e. The lowest BCUT2D eigenvalue weighted by molar-refractivity contribution is 0.407. The van der Waals surface area contributed by atoms with Gasteiger partial charge < -0.3 is 10.1 Å². The molecule has 4 heteroatoms. The van der Waals surface area contributed by atoms with E-state index in [1.54, 1.807) is 7.11 Å². The molecule has 2 aromatic rings. The van der Waals surface area contributed by atoms with Gasteiger partial charge in [-0.1, -0.05) is 12.1 Å². The minimum absolute atomic E-state index is 0.312. The number of aryl methyl sites for hydroxylation is 1. The maximum atomic E-state index is 5.22. The molecule has 0 radical (unpaired) electrons. The zero-order valence-corrected chi connectivity index (χ0v) is 13.0. The normalized spacial score (nSPS) is 19.1. The van der Waals surface area contributed by atoms with Gasteiger partial charge in [0.05, 0.1) is 13.3 Å². The molecule has 0 spiro atoms. The Labute approximate surface area is 126 Å². The molecular formula is C17H23N3O. The molecule has 1 aliphatic rings. The van der Waals surface area contributed by atoms with Crippen molar-refractivity contribution in [3.63, 3.8) is 0 Å². The number of hydrogen-bond donors (Lipinski definition) is 1. The van der Waals surface area contributed by atoms with E-state index >= 15 is 0 Å². The van der Waals surface area contributed by atoms with E-state index in [0.29, 0.717) is 12.1 Å². The Morgan fingerprint density at radius 1 is 1.33 bits per heavy atom. The average Bonchev–Trinajstić information content (AvgIpc) is 2.90. The monoisotopic (exact) mass is 285 g/mol. The third-order valence-electron chi connectivity index (χ3n) is 4.44. The third kappa shape index (κ3) is 2.81. The number of rotatable bonds is 4. The third-order valence-corrected chi connectivity index (χ3v) is 4.44. The van der Waals surface area contributed by atoms with Crippen molar-refractivity contribution in [1.29, 1.82) is 0 Å². The molecule has 1 aliphatic carbocycles. The van der Waals surface area contributed by atoms with Crippen LogP contribution in [-0.2, 0) is 13.5 Å². The number of nitrogens with zero attached hydrogens (tertiary/aromatic N) is 2. The number of fused-ring (bicyclic) bond motifs is 1. The van der Waals surface area contributed by atoms with Crippen molar-refractivity contribution < 1.29 is 4.74 Å². The standard InChI is InChI=1S/C17H23N3O/c1-12(13-7-9-14(21-3)10-8-13)19-16-5-4-6-17-15(16)11-18-20(17)2/h7-12,16,19H,4-6H2,1-3H3/t12-,16?/m1/s1. The van der Waals surface area contributed by atoms with Crippen molar-refractivity contribution in [2.75, 3.05) is 7.11 Å². The number of nitrogens with one attached hydrogen (secondary N) is 1. The molecule has 1 unspecified atom stereocenters. The molecule has 0 saturated carbocycles. The van der Waals surface area contributed by atoms with Gasteiger partial charge in [0.2, 0.25) is 0 Å². The molecule has 1 aromatic heterocycles. The van der Waals surface area contributed by atoms with Crippen LogP contribution in [0.1, 0.15) is 48.7 Å². The first-order chi connectivity index (χ1) is 10.2. The van der Waals surface area contributed by atoms with Crippen molar-refractivity contribution in [3.05, 3.63) is 47.3 Å². The summed E-state index contributed by atoms with van der Waals surface area (Å²) >= 11 is 0. The first-order valence-corrected chi connectivity index (χ1v) is 7.60. The van der Waals surface area contributed by atoms with Crippen molar-refractivity contribution in [3.8, 4) is 5.75 Å². The molecule has 0 amide bonds. The molecule has 0 aliphatic heterocycles. The maximum Gasteiger partial charge on any atom is 0.118 e. The van der Waals surface area contributed by atoms with Crippen LogP contribution in [0.15, 0.2) is 30.5 Å². The topological polar surface area (TPSA) is 39.1 Å². The molecule has 21 heavy (non-hydrogen) atoms. The fourth-order valence-corrected chi connectivity index (χ4v) is 3.17. The largest absolute Gasteiger partial charge is 0.497 e. The summed E-state index contributed by atoms with van der Waals surface area (Å²) in [5, 5.41) is 8.16. The van der Waals surface area contributed by atoms with Gasteiger partial charge >= 0.3 is 0 Å². The highest BCUT2D eigenvalue weighted by Gasteiger charge is 2.24. The van der Waals surface area contributed by atoms with Crippen molar-refractivity contribution >= 4 is 0 Å². The molecule has 0 bridgehead atoms. The van der Waals surface area contributed by atoms with Gasteiger partial charge in [0, 0.05) is 30.4 Å². The van der Waals surface area contributed by atoms with Gasteiger partial charge in [-0.05, 0) is 43.9 Å². The second-order valence-corrected chi connectivity index (χ2v) is 5.78. The zero-order chi connectivity index (χ0) is 14.8. The summed E-state index contributed by atoms with van der Waals surface area (Å²) < 4.78 is 7.23. The molecule has 1 aromatic carbocycles. The Kier molecular flexibility index (Phi) is 3.97. The lowest BCUT2D eigenvalue weighted by Gasteiger charge is -2.27. The van der Waals surface area contributed by atoms with Crippen LogP contribution in [0, 0.1) is 0 Å². The van der Waals surface area contributed by atoms with Crippen LogP contribution in [0.2, 0.25) is 0 Å². The van der Waals surface area contributed by atoms with Crippen LogP contribution in [0.25, 0.3) is 0 Å². The van der Waals surface area contributed by atoms with E-state index in [4.69, 9.17) is 4.74 Å². The SMILES string of the molecule is COc1ccc([C@@H](C)NC2CCCc3c2cnn3C)cc1. The van der Waals surface area contributed by atoms with Crippen molar-refractivity contribution in [2.24, 2.45) is 7.05 Å². The second-order valence-electron chi connectivity index (χ2n) is 5.78. The predicted octanol–water partition coefficient (Wildman–Crippen LogP) is 3.16. The van der Waals surface area contributed by atoms with Gasteiger partial charge in [-0.2, -0.15) is 5.10 Å². The van der Waals surface area contributed by atoms with Crippen LogP contribution in [0.3, 0.4) is 0 Å². The second kappa shape index (κ2) is 5.90. The molecule has 2 atom stereocenters. The van der Waals surface area contributed by atoms with Crippen LogP contribution >= 0.6 is 0 Å². The van der Waals surface area contributed by atoms with E-state index in [0.717, 1.165) is 12.2 Å². The van der Waals surface area contributed by atoms with Gasteiger partial charge in [0.1, 0.15) is 5.75 Å². The van der Waals surface area contributed by atoms with Crippen LogP contribution in [0.5, 0.6) is 5.75 Å². The Hall–Kier alpha value is -1.81. The maximum absolute atomic E-state index is 5.22. The molecule has 4 nitrogen and oxygen atoms in total. The van der Waals surface area contributed by atoms with E-state index < -0.39 is 0 Å². The first kappa shape index (κ1) is 14.1. The van der Waals surface area contributed by atoms with Crippen molar-refractivity contribution in [2.45, 2.75) is 38.3 Å². The highest BCUT2D eigenvalue weighted by molar-refractivity contribution is 5.30. The summed E-state index contributed by atoms with van der Waals surface area (Å²) in [7, 11) is 3.73. The Morgan fingerprint density at radius 2 is 2.10 bits per heavy atom. The molecular weight excluding hydrogens is 262 g/mol. The lowest BCUT2D eigenvalue weighted by atomic mass is 9.92. The Bertz CT molecular complexity index is 603. The summed E-state index contributed by atoms with van der Waals surface area (Å²) in [4.78, 5) is 0. The minimum atomic E-state index is 0.312. The van der Waals surface area contributed by atoms with Gasteiger partial charge in [0.15, 0.2) is 0 Å². The van der Waals surface area contributed by atoms with E-state index in [-0.39, 0.29) is 0 Å². The molecule has 3 rings (SSSR count). The van der Waals surface area contributed by atoms with Gasteiger partial charge in [0.25, 0.3) is 0 Å². The summed E-state index contributed by atoms with van der Waals surface area (Å²) in [6.07, 6.45) is 5.56. The number of ether oxygens (including phenoxy) is 1. The van der Waals surface area contributed by atoms with E-state index in [1.165, 1.54) is 29.7 Å². The highest BCUT2D eigenvalue weighted by Crippen LogP contribution is 2.31. The summed E-state index contributed by atoms with van der Waals surface area (Å²) in [5.41, 5.74) is 4.02. The quantitative estimate of drug-likeness (QED) is 0.938. The summed E-state index contributed by atoms with van der Waals surface area (Å²) in [6.45, 7) is 2.21. The van der Waals surface area contributed by atoms with E-state index in [1.807, 2.05) is 30.1 Å². The fourth-order valence-electron chi connectivity index (χ4n) is 3.17. The number of hydrogen-bond acceptors (Lipinski definition) is 3. The number of methoxy groups -OCH3 is 1. The molecule has 1 N–H and O–H groups in total. The van der Waals surface area contributed by atoms with E-state index in [9.17, 15) is 0 Å². The van der Waals surface area contributed by atoms with Crippen molar-refractivity contribution in [1.82, 2.24) is 15.1 Å². The Balaban J connectivity index is 1.74. The predicted molar refractivity (Wildman–Crippen MR) is 83.4 cm³/mol. The number of benzene rings is 1. The van der Waals surface area contributed by atoms with Crippen LogP contribution < -0.4 is 10.1 Å². The summed E-state index contributed by atoms with van der Waals surface area (Å²) in [5.74, 6) is 0.901.